The summed E-state index contributed by atoms with van der Waals surface area (Å²) in [5, 5.41) is 1.05. The van der Waals surface area contributed by atoms with Crippen LogP contribution in [0.15, 0.2) is 59.8 Å². The molecule has 192 valence electrons. The third-order valence-corrected chi connectivity index (χ3v) is 7.88. The highest BCUT2D eigenvalue weighted by Crippen LogP contribution is 2.34. The molecule has 1 atom stereocenters. The first-order chi connectivity index (χ1) is 18.5. The van der Waals surface area contributed by atoms with E-state index >= 15 is 4.39 Å². The predicted octanol–water partition coefficient (Wildman–Crippen LogP) is 4.34. The number of nitrogens with zero attached hydrogens (tertiary/aromatic N) is 5. The zero-order valence-electron chi connectivity index (χ0n) is 21.0. The molecule has 7 rings (SSSR count). The Morgan fingerprint density at radius 3 is 2.74 bits per heavy atom. The highest BCUT2D eigenvalue weighted by molar-refractivity contribution is 5.85. The van der Waals surface area contributed by atoms with E-state index in [4.69, 9.17) is 4.98 Å². The first-order valence-electron chi connectivity index (χ1n) is 13.0. The second-order valence-corrected chi connectivity index (χ2v) is 10.6. The molecule has 1 unspecified atom stereocenters. The Morgan fingerprint density at radius 1 is 1.11 bits per heavy atom. The topological polar surface area (TPSA) is 88.8 Å². The number of amides is 1. The molecule has 4 heterocycles. The SMILES string of the molecule is Cn1cnc2c(=O)n(CC3CCN(C(=O)C4CC4)C3)c(-c3ccc(-c4ccc5[nH]ccc5c4)cc3F)nc21. The fourth-order valence-electron chi connectivity index (χ4n) is 5.60. The van der Waals surface area contributed by atoms with Gasteiger partial charge in [0.15, 0.2) is 11.2 Å². The van der Waals surface area contributed by atoms with E-state index in [2.05, 4.69) is 9.97 Å². The zero-order valence-corrected chi connectivity index (χ0v) is 21.0. The van der Waals surface area contributed by atoms with Gasteiger partial charge in [0.1, 0.15) is 11.6 Å². The number of benzene rings is 2. The first-order valence-corrected chi connectivity index (χ1v) is 13.0. The molecule has 9 heteroatoms. The van der Waals surface area contributed by atoms with Crippen LogP contribution in [0.25, 0.3) is 44.6 Å². The maximum Gasteiger partial charge on any atom is 0.281 e. The van der Waals surface area contributed by atoms with Gasteiger partial charge in [0.25, 0.3) is 5.56 Å². The van der Waals surface area contributed by atoms with Crippen molar-refractivity contribution in [3.63, 3.8) is 0 Å². The summed E-state index contributed by atoms with van der Waals surface area (Å²) >= 11 is 0. The number of H-pyrrole nitrogens is 1. The van der Waals surface area contributed by atoms with Gasteiger partial charge in [0.05, 0.1) is 11.9 Å². The maximum atomic E-state index is 15.8. The van der Waals surface area contributed by atoms with Gasteiger partial charge in [-0.25, -0.2) is 14.4 Å². The zero-order chi connectivity index (χ0) is 26.0. The lowest BCUT2D eigenvalue weighted by Gasteiger charge is -2.19. The van der Waals surface area contributed by atoms with E-state index in [0.29, 0.717) is 25.3 Å². The second kappa shape index (κ2) is 8.65. The molecule has 1 amide bonds. The van der Waals surface area contributed by atoms with Crippen LogP contribution >= 0.6 is 0 Å². The largest absolute Gasteiger partial charge is 0.361 e. The van der Waals surface area contributed by atoms with Gasteiger partial charge in [-0.1, -0.05) is 12.1 Å². The minimum absolute atomic E-state index is 0.0903. The molecule has 5 aromatic rings. The normalized spacial score (nSPS) is 17.6. The Bertz CT molecular complexity index is 1780. The van der Waals surface area contributed by atoms with Gasteiger partial charge in [-0.15, -0.1) is 0 Å². The predicted molar refractivity (Wildman–Crippen MR) is 143 cm³/mol. The number of halogens is 1. The van der Waals surface area contributed by atoms with E-state index in [1.54, 1.807) is 28.6 Å². The number of aryl methyl sites for hydroxylation is 1. The van der Waals surface area contributed by atoms with Gasteiger partial charge >= 0.3 is 0 Å². The van der Waals surface area contributed by atoms with E-state index in [9.17, 15) is 9.59 Å². The van der Waals surface area contributed by atoms with Gasteiger partial charge in [0, 0.05) is 44.3 Å². The lowest BCUT2D eigenvalue weighted by atomic mass is 10.0. The second-order valence-electron chi connectivity index (χ2n) is 10.6. The third kappa shape index (κ3) is 3.81. The van der Waals surface area contributed by atoms with Crippen molar-refractivity contribution in [2.24, 2.45) is 18.9 Å². The van der Waals surface area contributed by atoms with E-state index in [-0.39, 0.29) is 40.2 Å². The summed E-state index contributed by atoms with van der Waals surface area (Å²) in [4.78, 5) is 40.3. The number of nitrogens with one attached hydrogen (secondary N) is 1. The standard InChI is InChI=1S/C29H27FN6O2/c1-34-16-32-25-27(34)33-26(36(29(25)38)15-17-9-11-35(14-17)28(37)18-2-3-18)22-6-4-20(13-23(22)30)19-5-7-24-21(12-19)8-10-31-24/h4-8,10,12-13,16-18,31H,2-3,9,11,14-15H2,1H3. The molecule has 2 aliphatic rings. The number of carbonyl (C=O) groups is 1. The van der Waals surface area contributed by atoms with Crippen LogP contribution in [0.2, 0.25) is 0 Å². The average molecular weight is 511 g/mol. The number of carbonyl (C=O) groups excluding carboxylic acids is 1. The number of hydrogen-bond donors (Lipinski definition) is 1. The number of likely N-dealkylation sites (tertiary alicyclic amines) is 1. The van der Waals surface area contributed by atoms with Crippen molar-refractivity contribution in [3.8, 4) is 22.5 Å². The highest BCUT2D eigenvalue weighted by Gasteiger charge is 2.37. The molecule has 2 aromatic carbocycles. The molecular formula is C29H27FN6O2. The minimum atomic E-state index is -0.448. The summed E-state index contributed by atoms with van der Waals surface area (Å²) in [5.74, 6) is 0.313. The molecule has 8 nitrogen and oxygen atoms in total. The monoisotopic (exact) mass is 510 g/mol. The lowest BCUT2D eigenvalue weighted by Crippen LogP contribution is -2.32. The number of imidazole rings is 1. The molecule has 1 aliphatic heterocycles. The Kier molecular flexibility index (Phi) is 5.21. The lowest BCUT2D eigenvalue weighted by molar-refractivity contribution is -0.131. The van der Waals surface area contributed by atoms with Gasteiger partial charge < -0.3 is 14.5 Å². The molecule has 1 saturated carbocycles. The average Bonchev–Trinajstić information content (AvgIpc) is 3.29. The highest BCUT2D eigenvalue weighted by atomic mass is 19.1. The van der Waals surface area contributed by atoms with Crippen LogP contribution < -0.4 is 5.56 Å². The van der Waals surface area contributed by atoms with Crippen molar-refractivity contribution in [3.05, 3.63) is 71.2 Å². The van der Waals surface area contributed by atoms with E-state index < -0.39 is 5.82 Å². The van der Waals surface area contributed by atoms with Gasteiger partial charge in [-0.3, -0.25) is 14.2 Å². The molecule has 0 bridgehead atoms. The van der Waals surface area contributed by atoms with Gasteiger partial charge in [-0.2, -0.15) is 0 Å². The van der Waals surface area contributed by atoms with E-state index in [0.717, 1.165) is 41.3 Å². The molecular weight excluding hydrogens is 483 g/mol. The number of aromatic nitrogens is 5. The summed E-state index contributed by atoms with van der Waals surface area (Å²) in [7, 11) is 1.77. The van der Waals surface area contributed by atoms with Crippen LogP contribution in [0.1, 0.15) is 19.3 Å². The fraction of sp³-hybridized carbons (Fsp3) is 0.310. The Morgan fingerprint density at radius 2 is 1.92 bits per heavy atom. The molecule has 0 radical (unpaired) electrons. The summed E-state index contributed by atoms with van der Waals surface area (Å²) in [6.07, 6.45) is 6.17. The van der Waals surface area contributed by atoms with Crippen LogP contribution in [0.4, 0.5) is 4.39 Å². The first kappa shape index (κ1) is 22.9. The Labute approximate surface area is 217 Å². The molecule has 0 spiro atoms. The van der Waals surface area contributed by atoms with Crippen LogP contribution in [0.5, 0.6) is 0 Å². The number of fused-ring (bicyclic) bond motifs is 2. The number of aromatic amines is 1. The Balaban J connectivity index is 1.27. The molecule has 2 fully saturated rings. The summed E-state index contributed by atoms with van der Waals surface area (Å²) in [5.41, 5.74) is 3.32. The van der Waals surface area contributed by atoms with E-state index in [1.807, 2.05) is 41.4 Å². The van der Waals surface area contributed by atoms with Crippen molar-refractivity contribution in [2.75, 3.05) is 13.1 Å². The van der Waals surface area contributed by atoms with Crippen LogP contribution in [-0.4, -0.2) is 48.0 Å². The summed E-state index contributed by atoms with van der Waals surface area (Å²) in [6, 6.07) is 13.0. The summed E-state index contributed by atoms with van der Waals surface area (Å²) in [6.45, 7) is 1.65. The van der Waals surface area contributed by atoms with Crippen LogP contribution in [-0.2, 0) is 18.4 Å². The molecule has 1 saturated heterocycles. The maximum absolute atomic E-state index is 15.8. The van der Waals surface area contributed by atoms with Crippen molar-refractivity contribution >= 4 is 28.0 Å². The van der Waals surface area contributed by atoms with Crippen molar-refractivity contribution in [1.29, 1.82) is 0 Å². The molecule has 38 heavy (non-hydrogen) atoms. The van der Waals surface area contributed by atoms with E-state index in [1.165, 1.54) is 6.07 Å². The number of hydrogen-bond acceptors (Lipinski definition) is 4. The fourth-order valence-corrected chi connectivity index (χ4v) is 5.60. The van der Waals surface area contributed by atoms with Crippen molar-refractivity contribution in [2.45, 2.75) is 25.8 Å². The van der Waals surface area contributed by atoms with Gasteiger partial charge in [-0.05, 0) is 72.0 Å². The molecule has 3 aromatic heterocycles. The Hall–Kier alpha value is -4.27. The smallest absolute Gasteiger partial charge is 0.281 e. The van der Waals surface area contributed by atoms with Crippen LogP contribution in [0, 0.1) is 17.7 Å². The molecule has 1 aliphatic carbocycles. The summed E-state index contributed by atoms with van der Waals surface area (Å²) < 4.78 is 19.0. The minimum Gasteiger partial charge on any atom is -0.361 e. The molecule has 1 N–H and O–H groups in total. The van der Waals surface area contributed by atoms with Crippen molar-refractivity contribution < 1.29 is 9.18 Å². The van der Waals surface area contributed by atoms with Crippen molar-refractivity contribution in [1.82, 2.24) is 29.0 Å². The quantitative estimate of drug-likeness (QED) is 0.381. The van der Waals surface area contributed by atoms with Gasteiger partial charge in [0.2, 0.25) is 5.91 Å². The number of rotatable bonds is 5. The van der Waals surface area contributed by atoms with Crippen LogP contribution in [0.3, 0.4) is 0 Å². The third-order valence-electron chi connectivity index (χ3n) is 7.88.